The van der Waals surface area contributed by atoms with Gasteiger partial charge in [-0.15, -0.1) is 11.3 Å². The summed E-state index contributed by atoms with van der Waals surface area (Å²) >= 11 is 1.39. The molecule has 0 saturated heterocycles. The van der Waals surface area contributed by atoms with Gasteiger partial charge in [0, 0.05) is 6.54 Å². The maximum absolute atomic E-state index is 9.66. The number of rotatable bonds is 4. The predicted octanol–water partition coefficient (Wildman–Crippen LogP) is 1.44. The Kier molecular flexibility index (Phi) is 3.71. The summed E-state index contributed by atoms with van der Waals surface area (Å²) in [6.45, 7) is 0.818. The molecule has 0 spiro atoms. The number of nitrogens with zero attached hydrogens (tertiary/aromatic N) is 1. The Labute approximate surface area is 82.2 Å². The largest absolute Gasteiger partial charge is 0.507 e. The average Bonchev–Trinajstić information content (AvgIpc) is 2.47. The van der Waals surface area contributed by atoms with Gasteiger partial charge in [0.2, 0.25) is 0 Å². The molecule has 0 aliphatic carbocycles. The second-order valence-corrected chi connectivity index (χ2v) is 4.23. The van der Waals surface area contributed by atoms with Crippen molar-refractivity contribution in [2.45, 2.75) is 12.5 Å². The molecule has 2 N–H and O–H groups in total. The third-order valence-corrected chi connectivity index (χ3v) is 2.83. The van der Waals surface area contributed by atoms with Crippen LogP contribution >= 0.6 is 11.3 Å². The topological polar surface area (TPSA) is 43.7 Å². The Morgan fingerprint density at radius 1 is 1.54 bits per heavy atom. The summed E-state index contributed by atoms with van der Waals surface area (Å²) < 4.78 is 0. The monoisotopic (exact) mass is 201 g/mol. The number of hydrogen-bond acceptors (Lipinski definition) is 4. The fraction of sp³-hybridized carbons (Fsp3) is 0.556. The smallest absolute Gasteiger partial charge is 0.132 e. The van der Waals surface area contributed by atoms with Crippen molar-refractivity contribution in [3.63, 3.8) is 0 Å². The molecule has 0 fully saturated rings. The van der Waals surface area contributed by atoms with E-state index in [1.807, 2.05) is 19.0 Å². The van der Waals surface area contributed by atoms with Crippen LogP contribution in [0.3, 0.4) is 0 Å². The first-order chi connectivity index (χ1) is 6.11. The van der Waals surface area contributed by atoms with Gasteiger partial charge in [-0.3, -0.25) is 0 Å². The molecule has 0 aliphatic rings. The van der Waals surface area contributed by atoms with Crippen LogP contribution in [0.15, 0.2) is 11.4 Å². The van der Waals surface area contributed by atoms with E-state index >= 15 is 0 Å². The van der Waals surface area contributed by atoms with E-state index in [4.69, 9.17) is 0 Å². The molecule has 1 unspecified atom stereocenters. The first-order valence-electron chi connectivity index (χ1n) is 4.20. The second-order valence-electron chi connectivity index (χ2n) is 3.28. The number of aliphatic hydroxyl groups excluding tert-OH is 1. The summed E-state index contributed by atoms with van der Waals surface area (Å²) in [6.07, 6.45) is 0.114. The molecule has 0 saturated carbocycles. The number of aliphatic hydroxyl groups is 1. The van der Waals surface area contributed by atoms with Crippen LogP contribution in [0.2, 0.25) is 0 Å². The van der Waals surface area contributed by atoms with E-state index in [0.29, 0.717) is 11.3 Å². The zero-order valence-electron chi connectivity index (χ0n) is 7.90. The molecule has 1 aromatic rings. The SMILES string of the molecule is CN(C)CCC(O)c1sccc1O. The molecule has 0 aromatic carbocycles. The molecule has 0 bridgehead atoms. The van der Waals surface area contributed by atoms with Crippen LogP contribution in [0.4, 0.5) is 0 Å². The summed E-state index contributed by atoms with van der Waals surface area (Å²) in [7, 11) is 3.92. The highest BCUT2D eigenvalue weighted by Gasteiger charge is 2.13. The summed E-state index contributed by atoms with van der Waals surface area (Å²) in [5.41, 5.74) is 0. The third-order valence-electron chi connectivity index (χ3n) is 1.83. The highest BCUT2D eigenvalue weighted by Crippen LogP contribution is 2.31. The van der Waals surface area contributed by atoms with Crippen molar-refractivity contribution in [1.29, 1.82) is 0 Å². The van der Waals surface area contributed by atoms with Crippen LogP contribution in [-0.4, -0.2) is 35.8 Å². The number of thiophene rings is 1. The van der Waals surface area contributed by atoms with Gasteiger partial charge in [-0.1, -0.05) is 0 Å². The van der Waals surface area contributed by atoms with E-state index in [-0.39, 0.29) is 5.75 Å². The lowest BCUT2D eigenvalue weighted by atomic mass is 10.2. The molecule has 74 valence electrons. The van der Waals surface area contributed by atoms with Gasteiger partial charge < -0.3 is 15.1 Å². The standard InChI is InChI=1S/C9H15NO2S/c1-10(2)5-3-7(11)9-8(12)4-6-13-9/h4,6-7,11-12H,3,5H2,1-2H3. The van der Waals surface area contributed by atoms with Crippen LogP contribution in [0.25, 0.3) is 0 Å². The molecule has 1 aromatic heterocycles. The molecule has 1 heterocycles. The van der Waals surface area contributed by atoms with Gasteiger partial charge in [-0.05, 0) is 32.0 Å². The Morgan fingerprint density at radius 2 is 2.23 bits per heavy atom. The highest BCUT2D eigenvalue weighted by atomic mass is 32.1. The normalized spacial score (nSPS) is 13.5. The zero-order chi connectivity index (χ0) is 9.84. The van der Waals surface area contributed by atoms with Gasteiger partial charge in [0.15, 0.2) is 0 Å². The molecular formula is C9H15NO2S. The van der Waals surface area contributed by atoms with Gasteiger partial charge in [0.1, 0.15) is 5.75 Å². The van der Waals surface area contributed by atoms with Crippen molar-refractivity contribution < 1.29 is 10.2 Å². The van der Waals surface area contributed by atoms with E-state index in [1.54, 1.807) is 11.4 Å². The highest BCUT2D eigenvalue weighted by molar-refractivity contribution is 7.10. The lowest BCUT2D eigenvalue weighted by Gasteiger charge is -2.13. The van der Waals surface area contributed by atoms with Gasteiger partial charge in [0.25, 0.3) is 0 Å². The van der Waals surface area contributed by atoms with Crippen molar-refractivity contribution in [3.8, 4) is 5.75 Å². The zero-order valence-corrected chi connectivity index (χ0v) is 8.71. The van der Waals surface area contributed by atoms with Crippen LogP contribution in [-0.2, 0) is 0 Å². The first kappa shape index (κ1) is 10.5. The van der Waals surface area contributed by atoms with Crippen molar-refractivity contribution in [2.24, 2.45) is 0 Å². The van der Waals surface area contributed by atoms with Crippen LogP contribution in [0, 0.1) is 0 Å². The summed E-state index contributed by atoms with van der Waals surface area (Å²) in [4.78, 5) is 2.68. The van der Waals surface area contributed by atoms with Gasteiger partial charge in [-0.2, -0.15) is 0 Å². The number of hydrogen-bond donors (Lipinski definition) is 2. The minimum Gasteiger partial charge on any atom is -0.507 e. The maximum Gasteiger partial charge on any atom is 0.132 e. The minimum absolute atomic E-state index is 0.205. The molecule has 1 atom stereocenters. The Balaban J connectivity index is 2.49. The Bertz CT molecular complexity index is 260. The molecular weight excluding hydrogens is 186 g/mol. The van der Waals surface area contributed by atoms with E-state index in [2.05, 4.69) is 0 Å². The predicted molar refractivity (Wildman–Crippen MR) is 54.1 cm³/mol. The maximum atomic E-state index is 9.66. The molecule has 1 rings (SSSR count). The average molecular weight is 201 g/mol. The minimum atomic E-state index is -0.539. The lowest BCUT2D eigenvalue weighted by Crippen LogP contribution is -2.15. The molecule has 0 radical (unpaired) electrons. The van der Waals surface area contributed by atoms with E-state index in [9.17, 15) is 10.2 Å². The summed E-state index contributed by atoms with van der Waals surface area (Å²) in [5, 5.41) is 20.8. The molecule has 0 aliphatic heterocycles. The van der Waals surface area contributed by atoms with Gasteiger partial charge in [-0.25, -0.2) is 0 Å². The van der Waals surface area contributed by atoms with Gasteiger partial charge in [0.05, 0.1) is 11.0 Å². The molecule has 13 heavy (non-hydrogen) atoms. The first-order valence-corrected chi connectivity index (χ1v) is 5.08. The molecule has 0 amide bonds. The fourth-order valence-corrected chi connectivity index (χ4v) is 1.88. The van der Waals surface area contributed by atoms with Crippen molar-refractivity contribution >= 4 is 11.3 Å². The van der Waals surface area contributed by atoms with Crippen LogP contribution in [0.5, 0.6) is 5.75 Å². The van der Waals surface area contributed by atoms with Crippen molar-refractivity contribution in [1.82, 2.24) is 4.90 Å². The van der Waals surface area contributed by atoms with E-state index in [0.717, 1.165) is 6.54 Å². The third kappa shape index (κ3) is 2.99. The molecule has 3 nitrogen and oxygen atoms in total. The lowest BCUT2D eigenvalue weighted by molar-refractivity contribution is 0.155. The van der Waals surface area contributed by atoms with Crippen LogP contribution in [0.1, 0.15) is 17.4 Å². The van der Waals surface area contributed by atoms with E-state index in [1.165, 1.54) is 11.3 Å². The Morgan fingerprint density at radius 3 is 2.69 bits per heavy atom. The van der Waals surface area contributed by atoms with Crippen molar-refractivity contribution in [3.05, 3.63) is 16.3 Å². The summed E-state index contributed by atoms with van der Waals surface area (Å²) in [5.74, 6) is 0.205. The fourth-order valence-electron chi connectivity index (χ4n) is 1.08. The van der Waals surface area contributed by atoms with Crippen LogP contribution < -0.4 is 0 Å². The summed E-state index contributed by atoms with van der Waals surface area (Å²) in [6, 6.07) is 1.61. The Hall–Kier alpha value is -0.580. The quantitative estimate of drug-likeness (QED) is 0.774. The van der Waals surface area contributed by atoms with Crippen molar-refractivity contribution in [2.75, 3.05) is 20.6 Å². The second kappa shape index (κ2) is 4.60. The molecule has 4 heteroatoms. The van der Waals surface area contributed by atoms with Gasteiger partial charge >= 0.3 is 0 Å². The number of aromatic hydroxyl groups is 1. The van der Waals surface area contributed by atoms with E-state index < -0.39 is 6.10 Å².